The van der Waals surface area contributed by atoms with E-state index in [1.807, 2.05) is 24.3 Å². The first-order chi connectivity index (χ1) is 32.2. The summed E-state index contributed by atoms with van der Waals surface area (Å²) in [7, 11) is 0. The van der Waals surface area contributed by atoms with Crippen LogP contribution < -0.4 is 0 Å². The SMILES string of the molecule is c1ccc(-c2ccc(-c3ccc(-c4nc(-c5ccc(-c6ccccc6)c6ccccc56)nc(-c5cccc6oc7c(-c8cccc(-c9ccccc9)c8)cccc7c56)n4)cc3)cc2)cc1. The van der Waals surface area contributed by atoms with Crippen molar-refractivity contribution in [1.29, 1.82) is 0 Å². The summed E-state index contributed by atoms with van der Waals surface area (Å²) in [4.78, 5) is 15.9. The van der Waals surface area contributed by atoms with Gasteiger partial charge in [0.1, 0.15) is 11.2 Å². The highest BCUT2D eigenvalue weighted by molar-refractivity contribution is 6.15. The lowest BCUT2D eigenvalue weighted by Crippen LogP contribution is -2.01. The van der Waals surface area contributed by atoms with Crippen molar-refractivity contribution in [3.05, 3.63) is 237 Å². The van der Waals surface area contributed by atoms with Gasteiger partial charge < -0.3 is 4.42 Å². The molecule has 0 aliphatic carbocycles. The van der Waals surface area contributed by atoms with Crippen molar-refractivity contribution >= 4 is 32.7 Å². The van der Waals surface area contributed by atoms with Gasteiger partial charge in [0.15, 0.2) is 17.5 Å². The highest BCUT2D eigenvalue weighted by Gasteiger charge is 2.21. The molecule has 304 valence electrons. The van der Waals surface area contributed by atoms with E-state index >= 15 is 0 Å². The number of rotatable bonds is 8. The molecule has 10 aromatic carbocycles. The number of hydrogen-bond acceptors (Lipinski definition) is 4. The van der Waals surface area contributed by atoms with Crippen molar-refractivity contribution in [2.24, 2.45) is 0 Å². The molecule has 2 aromatic heterocycles. The van der Waals surface area contributed by atoms with E-state index in [4.69, 9.17) is 19.4 Å². The Morgan fingerprint density at radius 2 is 0.677 bits per heavy atom. The van der Waals surface area contributed by atoms with Gasteiger partial charge in [-0.1, -0.05) is 218 Å². The molecule has 0 N–H and O–H groups in total. The van der Waals surface area contributed by atoms with E-state index in [1.54, 1.807) is 0 Å². The first kappa shape index (κ1) is 38.0. The van der Waals surface area contributed by atoms with Gasteiger partial charge in [0.05, 0.1) is 0 Å². The highest BCUT2D eigenvalue weighted by atomic mass is 16.3. The van der Waals surface area contributed by atoms with Gasteiger partial charge in [0, 0.05) is 33.0 Å². The monoisotopic (exact) mass is 829 g/mol. The molecule has 0 saturated heterocycles. The van der Waals surface area contributed by atoms with Crippen LogP contribution in [0.5, 0.6) is 0 Å². The fourth-order valence-electron chi connectivity index (χ4n) is 9.17. The number of furan rings is 1. The van der Waals surface area contributed by atoms with Gasteiger partial charge in [0.2, 0.25) is 0 Å². The fourth-order valence-corrected chi connectivity index (χ4v) is 9.17. The standard InChI is InChI=1S/C61H39N3O/c1-4-15-40(16-5-1)42-29-31-43(32-30-42)44-33-35-46(36-34-44)59-62-60(53-38-37-49(45-19-8-3-9-20-45)51-23-10-11-24-52(51)53)64-61(63-59)55-27-14-28-56-57(55)54-26-13-25-50(58(54)65-56)48-22-12-21-47(39-48)41-17-6-2-7-18-41/h1-39H. The van der Waals surface area contributed by atoms with E-state index < -0.39 is 0 Å². The summed E-state index contributed by atoms with van der Waals surface area (Å²) in [6.07, 6.45) is 0. The van der Waals surface area contributed by atoms with Crippen LogP contribution in [0.4, 0.5) is 0 Å². The molecule has 65 heavy (non-hydrogen) atoms. The maximum Gasteiger partial charge on any atom is 0.164 e. The topological polar surface area (TPSA) is 51.8 Å². The second-order valence-corrected chi connectivity index (χ2v) is 16.3. The van der Waals surface area contributed by atoms with Crippen molar-refractivity contribution < 1.29 is 4.42 Å². The smallest absolute Gasteiger partial charge is 0.164 e. The first-order valence-corrected chi connectivity index (χ1v) is 21.9. The summed E-state index contributed by atoms with van der Waals surface area (Å²) >= 11 is 0. The fraction of sp³-hybridized carbons (Fsp3) is 0. The van der Waals surface area contributed by atoms with E-state index in [2.05, 4.69) is 212 Å². The average molecular weight is 830 g/mol. The minimum absolute atomic E-state index is 0.576. The molecule has 12 rings (SSSR count). The Morgan fingerprint density at radius 3 is 1.34 bits per heavy atom. The zero-order chi connectivity index (χ0) is 43.1. The van der Waals surface area contributed by atoms with Crippen LogP contribution in [0.25, 0.3) is 123 Å². The van der Waals surface area contributed by atoms with Crippen molar-refractivity contribution in [3.63, 3.8) is 0 Å². The van der Waals surface area contributed by atoms with Crippen LogP contribution in [0.15, 0.2) is 241 Å². The van der Waals surface area contributed by atoms with Gasteiger partial charge in [-0.05, 0) is 79.0 Å². The Balaban J connectivity index is 1.01. The lowest BCUT2D eigenvalue weighted by atomic mass is 9.94. The largest absolute Gasteiger partial charge is 0.455 e. The van der Waals surface area contributed by atoms with Crippen LogP contribution in [-0.2, 0) is 0 Å². The maximum atomic E-state index is 6.80. The molecule has 2 heterocycles. The predicted molar refractivity (Wildman–Crippen MR) is 268 cm³/mol. The van der Waals surface area contributed by atoms with Crippen molar-refractivity contribution in [1.82, 2.24) is 15.0 Å². The van der Waals surface area contributed by atoms with E-state index in [1.165, 1.54) is 16.7 Å². The third-order valence-electron chi connectivity index (χ3n) is 12.4. The Hall–Kier alpha value is -8.73. The molecule has 12 aromatic rings. The van der Waals surface area contributed by atoms with Crippen LogP contribution in [0.2, 0.25) is 0 Å². The maximum absolute atomic E-state index is 6.80. The number of benzene rings is 10. The summed E-state index contributed by atoms with van der Waals surface area (Å²) in [5.74, 6) is 1.77. The summed E-state index contributed by atoms with van der Waals surface area (Å²) in [6, 6.07) is 82.8. The minimum Gasteiger partial charge on any atom is -0.455 e. The minimum atomic E-state index is 0.576. The Labute approximate surface area is 376 Å². The van der Waals surface area contributed by atoms with Crippen molar-refractivity contribution in [2.45, 2.75) is 0 Å². The lowest BCUT2D eigenvalue weighted by molar-refractivity contribution is 0.670. The van der Waals surface area contributed by atoms with Gasteiger partial charge in [0.25, 0.3) is 0 Å². The number of nitrogens with zero attached hydrogens (tertiary/aromatic N) is 3. The lowest BCUT2D eigenvalue weighted by Gasteiger charge is -2.13. The van der Waals surface area contributed by atoms with E-state index in [9.17, 15) is 0 Å². The van der Waals surface area contributed by atoms with Gasteiger partial charge >= 0.3 is 0 Å². The van der Waals surface area contributed by atoms with Crippen LogP contribution in [0.3, 0.4) is 0 Å². The van der Waals surface area contributed by atoms with Gasteiger partial charge in [-0.15, -0.1) is 0 Å². The predicted octanol–water partition coefficient (Wildman–Crippen LogP) is 16.3. The summed E-state index contributed by atoms with van der Waals surface area (Å²) in [5.41, 5.74) is 15.7. The molecule has 4 nitrogen and oxygen atoms in total. The quantitative estimate of drug-likeness (QED) is 0.153. The second-order valence-electron chi connectivity index (χ2n) is 16.3. The molecule has 0 unspecified atom stereocenters. The Kier molecular flexibility index (Phi) is 9.46. The van der Waals surface area contributed by atoms with Gasteiger partial charge in [-0.3, -0.25) is 0 Å². The molecule has 0 aliphatic heterocycles. The number of para-hydroxylation sites is 1. The molecule has 0 radical (unpaired) electrons. The molecule has 0 amide bonds. The zero-order valence-corrected chi connectivity index (χ0v) is 35.3. The molecule has 0 fully saturated rings. The van der Waals surface area contributed by atoms with Gasteiger partial charge in [-0.2, -0.15) is 0 Å². The number of aromatic nitrogens is 3. The molecule has 0 bridgehead atoms. The van der Waals surface area contributed by atoms with Crippen LogP contribution in [-0.4, -0.2) is 15.0 Å². The van der Waals surface area contributed by atoms with Crippen LogP contribution >= 0.6 is 0 Å². The Bertz CT molecular complexity index is 3670. The Morgan fingerprint density at radius 1 is 0.246 bits per heavy atom. The van der Waals surface area contributed by atoms with Gasteiger partial charge in [-0.25, -0.2) is 15.0 Å². The summed E-state index contributed by atoms with van der Waals surface area (Å²) in [6.45, 7) is 0. The van der Waals surface area contributed by atoms with Crippen molar-refractivity contribution in [3.8, 4) is 89.8 Å². The number of hydrogen-bond donors (Lipinski definition) is 0. The van der Waals surface area contributed by atoms with E-state index in [0.29, 0.717) is 17.5 Å². The molecule has 0 spiro atoms. The highest BCUT2D eigenvalue weighted by Crippen LogP contribution is 2.42. The number of fused-ring (bicyclic) bond motifs is 4. The molecular weight excluding hydrogens is 791 g/mol. The molecule has 0 saturated carbocycles. The molecular formula is C61H39N3O. The zero-order valence-electron chi connectivity index (χ0n) is 35.3. The van der Waals surface area contributed by atoms with E-state index in [-0.39, 0.29) is 0 Å². The molecule has 0 aliphatic rings. The normalized spacial score (nSPS) is 11.4. The molecule has 0 atom stereocenters. The van der Waals surface area contributed by atoms with E-state index in [0.717, 1.165) is 88.3 Å². The second kappa shape index (κ2) is 16.2. The average Bonchev–Trinajstić information content (AvgIpc) is 3.79. The van der Waals surface area contributed by atoms with Crippen LogP contribution in [0, 0.1) is 0 Å². The van der Waals surface area contributed by atoms with Crippen LogP contribution in [0.1, 0.15) is 0 Å². The van der Waals surface area contributed by atoms with Crippen molar-refractivity contribution in [2.75, 3.05) is 0 Å². The third kappa shape index (κ3) is 7.04. The summed E-state index contributed by atoms with van der Waals surface area (Å²) < 4.78 is 6.80. The summed E-state index contributed by atoms with van der Waals surface area (Å²) in [5, 5.41) is 4.17. The first-order valence-electron chi connectivity index (χ1n) is 21.9. The third-order valence-corrected chi connectivity index (χ3v) is 12.4. The molecule has 4 heteroatoms.